The van der Waals surface area contributed by atoms with Crippen molar-refractivity contribution < 1.29 is 60.5 Å². The molecule has 0 aromatic rings. The van der Waals surface area contributed by atoms with Gasteiger partial charge in [-0.3, -0.25) is 0 Å². The Labute approximate surface area is 136 Å². The highest BCUT2D eigenvalue weighted by Crippen LogP contribution is 2.27. The molecule has 0 unspecified atom stereocenters. The van der Waals surface area contributed by atoms with E-state index in [9.17, 15) is 30.6 Å². The van der Waals surface area contributed by atoms with Gasteiger partial charge in [0.2, 0.25) is 0 Å². The van der Waals surface area contributed by atoms with Crippen molar-refractivity contribution in [3.8, 4) is 0 Å². The quantitative estimate of drug-likeness (QED) is 0.235. The molecule has 0 aromatic heterocycles. The first-order chi connectivity index (χ1) is 10.8. The van der Waals surface area contributed by atoms with E-state index in [1.807, 2.05) is 0 Å². The van der Waals surface area contributed by atoms with E-state index in [4.69, 9.17) is 24.4 Å². The van der Waals surface area contributed by atoms with E-state index < -0.39 is 74.6 Å². The summed E-state index contributed by atoms with van der Waals surface area (Å²) in [6.07, 6.45) is -15.6. The summed E-state index contributed by atoms with van der Waals surface area (Å²) < 4.78 is 15.3. The fourth-order valence-corrected chi connectivity index (χ4v) is 2.49. The molecule has 10 atom stereocenters. The van der Waals surface area contributed by atoms with Crippen molar-refractivity contribution in [2.75, 3.05) is 13.2 Å². The molecular weight excluding hydrogens is 336 g/mol. The Balaban J connectivity index is 0.00000288. The first-order valence-corrected chi connectivity index (χ1v) is 7.08. The maximum Gasteiger partial charge on any atom is 0.189 e. The van der Waals surface area contributed by atoms with Crippen molar-refractivity contribution in [2.24, 2.45) is 0 Å². The second kappa shape index (κ2) is 8.75. The van der Waals surface area contributed by atoms with Gasteiger partial charge in [-0.2, -0.15) is 0 Å². The van der Waals surface area contributed by atoms with Gasteiger partial charge in [-0.15, -0.1) is 0 Å². The van der Waals surface area contributed by atoms with Crippen LogP contribution in [-0.4, -0.2) is 121 Å². The normalized spacial score (nSPS) is 49.5. The van der Waals surface area contributed by atoms with Gasteiger partial charge in [0.15, 0.2) is 12.6 Å². The van der Waals surface area contributed by atoms with Crippen molar-refractivity contribution in [3.63, 3.8) is 0 Å². The van der Waals surface area contributed by atoms with Gasteiger partial charge in [0.05, 0.1) is 13.2 Å². The molecule has 2 aliphatic rings. The molecule has 0 aromatic carbocycles. The molecule has 10 N–H and O–H groups in total. The minimum atomic E-state index is -1.72. The van der Waals surface area contributed by atoms with Gasteiger partial charge in [0.25, 0.3) is 0 Å². The maximum absolute atomic E-state index is 9.84. The Bertz CT molecular complexity index is 345. The lowest BCUT2D eigenvalue weighted by atomic mass is 9.98. The number of aliphatic hydroxyl groups is 8. The molecule has 144 valence electrons. The minimum absolute atomic E-state index is 0. The van der Waals surface area contributed by atoms with Crippen LogP contribution in [0.15, 0.2) is 0 Å². The standard InChI is InChI=1S/C12H22O11.H2O/c13-1-3-5(15)7(17)9(19)11(21-3)23-12-10(20)8(18)6(16)4(2-14)22-12;/h3-20H,1-2H2;1H2/t3-,4-,5-,6-,7+,8+,9-,10-,11-,12+;/m1./s1. The third-order valence-electron chi connectivity index (χ3n) is 3.97. The molecule has 0 saturated carbocycles. The molecule has 12 nitrogen and oxygen atoms in total. The van der Waals surface area contributed by atoms with Gasteiger partial charge in [0.1, 0.15) is 48.8 Å². The fourth-order valence-electron chi connectivity index (χ4n) is 2.49. The number of hydrogen-bond donors (Lipinski definition) is 8. The SMILES string of the molecule is O.OC[C@H]1O[C@@H](O[C@H]2O[C@H](CO)[C@@H](O)[C@H](O)[C@H]2O)[C@H](O)[C@@H](O)[C@@H]1O. The van der Waals surface area contributed by atoms with E-state index in [-0.39, 0.29) is 5.48 Å². The molecule has 0 bridgehead atoms. The summed E-state index contributed by atoms with van der Waals surface area (Å²) in [7, 11) is 0. The molecule has 2 rings (SSSR count). The molecule has 2 saturated heterocycles. The van der Waals surface area contributed by atoms with E-state index in [2.05, 4.69) is 0 Å². The summed E-state index contributed by atoms with van der Waals surface area (Å²) >= 11 is 0. The highest BCUT2D eigenvalue weighted by atomic mass is 16.8. The lowest BCUT2D eigenvalue weighted by Gasteiger charge is -2.44. The fraction of sp³-hybridized carbons (Fsp3) is 1.00. The molecule has 0 amide bonds. The predicted molar refractivity (Wildman–Crippen MR) is 72.2 cm³/mol. The Morgan fingerprint density at radius 2 is 0.917 bits per heavy atom. The van der Waals surface area contributed by atoms with Crippen LogP contribution in [0.3, 0.4) is 0 Å². The van der Waals surface area contributed by atoms with Gasteiger partial charge in [-0.05, 0) is 0 Å². The van der Waals surface area contributed by atoms with Crippen LogP contribution in [0.4, 0.5) is 0 Å². The summed E-state index contributed by atoms with van der Waals surface area (Å²) in [5.74, 6) is 0. The van der Waals surface area contributed by atoms with Gasteiger partial charge >= 0.3 is 0 Å². The van der Waals surface area contributed by atoms with Crippen LogP contribution >= 0.6 is 0 Å². The number of aliphatic hydroxyl groups excluding tert-OH is 8. The first kappa shape index (κ1) is 21.6. The summed E-state index contributed by atoms with van der Waals surface area (Å²) in [6.45, 7) is -1.33. The minimum Gasteiger partial charge on any atom is -0.412 e. The summed E-state index contributed by atoms with van der Waals surface area (Å²) in [5, 5.41) is 76.4. The molecular formula is C12H24O12. The summed E-state index contributed by atoms with van der Waals surface area (Å²) in [4.78, 5) is 0. The monoisotopic (exact) mass is 360 g/mol. The molecule has 12 heteroatoms. The molecule has 24 heavy (non-hydrogen) atoms. The lowest BCUT2D eigenvalue weighted by molar-refractivity contribution is -0.376. The van der Waals surface area contributed by atoms with Gasteiger partial charge < -0.3 is 60.5 Å². The van der Waals surface area contributed by atoms with Crippen LogP contribution in [0.1, 0.15) is 0 Å². The number of rotatable bonds is 4. The van der Waals surface area contributed by atoms with Crippen LogP contribution < -0.4 is 0 Å². The highest BCUT2D eigenvalue weighted by Gasteiger charge is 2.49. The molecule has 2 aliphatic heterocycles. The highest BCUT2D eigenvalue weighted by molar-refractivity contribution is 4.92. The van der Waals surface area contributed by atoms with Crippen LogP contribution in [0.5, 0.6) is 0 Å². The topological polar surface area (TPSA) is 221 Å². The third kappa shape index (κ3) is 4.01. The Morgan fingerprint density at radius 3 is 1.21 bits per heavy atom. The van der Waals surface area contributed by atoms with E-state index >= 15 is 0 Å². The smallest absolute Gasteiger partial charge is 0.189 e. The second-order valence-electron chi connectivity index (χ2n) is 5.53. The van der Waals surface area contributed by atoms with E-state index in [0.29, 0.717) is 0 Å². The summed E-state index contributed by atoms with van der Waals surface area (Å²) in [5.41, 5.74) is 0. The Hall–Kier alpha value is -0.480. The molecule has 0 spiro atoms. The van der Waals surface area contributed by atoms with Crippen molar-refractivity contribution in [3.05, 3.63) is 0 Å². The maximum atomic E-state index is 9.84. The number of hydrogen-bond acceptors (Lipinski definition) is 11. The lowest BCUT2D eigenvalue weighted by Crippen LogP contribution is -2.63. The zero-order valence-corrected chi connectivity index (χ0v) is 12.5. The van der Waals surface area contributed by atoms with Crippen molar-refractivity contribution in [1.82, 2.24) is 0 Å². The molecule has 2 heterocycles. The third-order valence-corrected chi connectivity index (χ3v) is 3.97. The number of ether oxygens (including phenoxy) is 3. The van der Waals surface area contributed by atoms with E-state index in [0.717, 1.165) is 0 Å². The van der Waals surface area contributed by atoms with Crippen LogP contribution in [-0.2, 0) is 14.2 Å². The second-order valence-corrected chi connectivity index (χ2v) is 5.53. The zero-order chi connectivity index (χ0) is 17.3. The van der Waals surface area contributed by atoms with Crippen LogP contribution in [0.25, 0.3) is 0 Å². The molecule has 0 aliphatic carbocycles. The molecule has 2 fully saturated rings. The van der Waals surface area contributed by atoms with Crippen LogP contribution in [0.2, 0.25) is 0 Å². The Kier molecular flexibility index (Phi) is 7.86. The van der Waals surface area contributed by atoms with Crippen molar-refractivity contribution in [2.45, 2.75) is 61.4 Å². The van der Waals surface area contributed by atoms with Gasteiger partial charge in [-0.1, -0.05) is 0 Å². The van der Waals surface area contributed by atoms with Gasteiger partial charge in [0, 0.05) is 0 Å². The predicted octanol–water partition coefficient (Wildman–Crippen LogP) is -6.22. The van der Waals surface area contributed by atoms with Crippen molar-refractivity contribution in [1.29, 1.82) is 0 Å². The average molecular weight is 360 g/mol. The van der Waals surface area contributed by atoms with E-state index in [1.54, 1.807) is 0 Å². The molecule has 0 radical (unpaired) electrons. The van der Waals surface area contributed by atoms with Crippen molar-refractivity contribution >= 4 is 0 Å². The Morgan fingerprint density at radius 1 is 0.583 bits per heavy atom. The zero-order valence-electron chi connectivity index (χ0n) is 12.5. The van der Waals surface area contributed by atoms with Gasteiger partial charge in [-0.25, -0.2) is 0 Å². The largest absolute Gasteiger partial charge is 0.412 e. The van der Waals surface area contributed by atoms with Crippen LogP contribution in [0, 0.1) is 0 Å². The average Bonchev–Trinajstić information content (AvgIpc) is 2.55. The summed E-state index contributed by atoms with van der Waals surface area (Å²) in [6, 6.07) is 0. The van der Waals surface area contributed by atoms with E-state index in [1.165, 1.54) is 0 Å². The first-order valence-electron chi connectivity index (χ1n) is 7.08.